The molecule has 1 aromatic rings. The molecule has 2 N–H and O–H groups in total. The Kier molecular flexibility index (Phi) is 4.86. The lowest BCUT2D eigenvalue weighted by atomic mass is 9.96. The van der Waals surface area contributed by atoms with Gasteiger partial charge in [0.15, 0.2) is 0 Å². The van der Waals surface area contributed by atoms with Gasteiger partial charge in [-0.15, -0.1) is 11.8 Å². The predicted molar refractivity (Wildman–Crippen MR) is 85.5 cm³/mol. The van der Waals surface area contributed by atoms with Crippen molar-refractivity contribution < 1.29 is 9.90 Å². The molecule has 3 nitrogen and oxygen atoms in total. The van der Waals surface area contributed by atoms with Crippen molar-refractivity contribution in [1.29, 1.82) is 0 Å². The highest BCUT2D eigenvalue weighted by Gasteiger charge is 2.30. The number of aliphatic hydroxyl groups is 1. The van der Waals surface area contributed by atoms with E-state index in [2.05, 4.69) is 11.4 Å². The molecular formula is C17H23NO2S. The summed E-state index contributed by atoms with van der Waals surface area (Å²) in [7, 11) is 0. The summed E-state index contributed by atoms with van der Waals surface area (Å²) in [6.07, 6.45) is 6.00. The fourth-order valence-electron chi connectivity index (χ4n) is 3.51. The molecule has 0 unspecified atom stereocenters. The van der Waals surface area contributed by atoms with E-state index >= 15 is 0 Å². The Hall–Kier alpha value is -1.00. The predicted octanol–water partition coefficient (Wildman–Crippen LogP) is 2.93. The molecule has 1 amide bonds. The second-order valence-corrected chi connectivity index (χ2v) is 7.24. The minimum Gasteiger partial charge on any atom is -0.394 e. The van der Waals surface area contributed by atoms with Crippen LogP contribution in [0.1, 0.15) is 43.6 Å². The van der Waals surface area contributed by atoms with Crippen LogP contribution < -0.4 is 5.32 Å². The molecule has 1 heterocycles. The van der Waals surface area contributed by atoms with Crippen LogP contribution in [0.4, 0.5) is 0 Å². The van der Waals surface area contributed by atoms with Gasteiger partial charge in [-0.1, -0.05) is 43.9 Å². The van der Waals surface area contributed by atoms with Crippen molar-refractivity contribution >= 4 is 17.7 Å². The Morgan fingerprint density at radius 3 is 2.86 bits per heavy atom. The summed E-state index contributed by atoms with van der Waals surface area (Å²) in [5, 5.41) is 12.6. The first-order chi connectivity index (χ1) is 10.3. The number of thioether (sulfide) groups is 1. The van der Waals surface area contributed by atoms with E-state index in [-0.39, 0.29) is 24.5 Å². The molecule has 0 radical (unpaired) electrons. The van der Waals surface area contributed by atoms with Gasteiger partial charge >= 0.3 is 0 Å². The van der Waals surface area contributed by atoms with Crippen LogP contribution >= 0.6 is 11.8 Å². The molecule has 21 heavy (non-hydrogen) atoms. The first kappa shape index (κ1) is 14.9. The quantitative estimate of drug-likeness (QED) is 0.879. The monoisotopic (exact) mass is 305 g/mol. The molecule has 1 saturated carbocycles. The van der Waals surface area contributed by atoms with Crippen LogP contribution in [0.25, 0.3) is 0 Å². The van der Waals surface area contributed by atoms with Gasteiger partial charge in [-0.2, -0.15) is 0 Å². The average Bonchev–Trinajstić information content (AvgIpc) is 3.15. The van der Waals surface area contributed by atoms with Crippen LogP contribution in [0.3, 0.4) is 0 Å². The third kappa shape index (κ3) is 3.43. The van der Waals surface area contributed by atoms with Gasteiger partial charge in [0.2, 0.25) is 5.91 Å². The Bertz CT molecular complexity index is 499. The number of carbonyl (C=O) groups is 1. The minimum atomic E-state index is -0.0848. The first-order valence-corrected chi connectivity index (χ1v) is 8.89. The van der Waals surface area contributed by atoms with Gasteiger partial charge in [-0.05, 0) is 24.0 Å². The molecule has 0 aromatic heterocycles. The zero-order valence-electron chi connectivity index (χ0n) is 12.3. The third-order valence-corrected chi connectivity index (χ3v) is 5.86. The maximum atomic E-state index is 12.5. The van der Waals surface area contributed by atoms with Crippen molar-refractivity contribution in [2.45, 2.75) is 49.0 Å². The average molecular weight is 305 g/mol. The summed E-state index contributed by atoms with van der Waals surface area (Å²) < 4.78 is 0. The fourth-order valence-corrected chi connectivity index (χ4v) is 4.74. The van der Waals surface area contributed by atoms with E-state index in [1.165, 1.54) is 30.6 Å². The highest BCUT2D eigenvalue weighted by Crippen LogP contribution is 2.39. The molecular weight excluding hydrogens is 282 g/mol. The van der Waals surface area contributed by atoms with E-state index in [0.29, 0.717) is 5.92 Å². The van der Waals surface area contributed by atoms with Crippen LogP contribution in [-0.4, -0.2) is 29.4 Å². The summed E-state index contributed by atoms with van der Waals surface area (Å²) in [5.41, 5.74) is 1.14. The SMILES string of the molecule is O=C(N[C@H](CO)CC1CCCC1)[C@H]1CSc2ccccc21. The normalized spacial score (nSPS) is 23.0. The molecule has 0 spiro atoms. The van der Waals surface area contributed by atoms with Crippen molar-refractivity contribution in [3.05, 3.63) is 29.8 Å². The number of hydrogen-bond donors (Lipinski definition) is 2. The molecule has 1 aromatic carbocycles. The van der Waals surface area contributed by atoms with Crippen LogP contribution in [-0.2, 0) is 4.79 Å². The van der Waals surface area contributed by atoms with E-state index in [0.717, 1.165) is 17.7 Å². The van der Waals surface area contributed by atoms with E-state index in [1.54, 1.807) is 11.8 Å². The number of fused-ring (bicyclic) bond motifs is 1. The molecule has 1 aliphatic carbocycles. The van der Waals surface area contributed by atoms with Crippen molar-refractivity contribution in [3.63, 3.8) is 0 Å². The van der Waals surface area contributed by atoms with Crippen molar-refractivity contribution in [2.75, 3.05) is 12.4 Å². The van der Waals surface area contributed by atoms with Crippen molar-refractivity contribution in [1.82, 2.24) is 5.32 Å². The third-order valence-electron chi connectivity index (χ3n) is 4.68. The smallest absolute Gasteiger partial charge is 0.228 e. The largest absolute Gasteiger partial charge is 0.394 e. The van der Waals surface area contributed by atoms with E-state index in [4.69, 9.17) is 0 Å². The van der Waals surface area contributed by atoms with Crippen LogP contribution in [0.2, 0.25) is 0 Å². The van der Waals surface area contributed by atoms with Gasteiger partial charge in [0, 0.05) is 10.6 Å². The Balaban J connectivity index is 1.60. The van der Waals surface area contributed by atoms with E-state index < -0.39 is 0 Å². The molecule has 0 saturated heterocycles. The Labute approximate surface area is 130 Å². The van der Waals surface area contributed by atoms with Gasteiger partial charge in [-0.3, -0.25) is 4.79 Å². The van der Waals surface area contributed by atoms with Crippen molar-refractivity contribution in [3.8, 4) is 0 Å². The molecule has 3 rings (SSSR count). The Morgan fingerprint density at radius 1 is 1.33 bits per heavy atom. The summed E-state index contributed by atoms with van der Waals surface area (Å²) in [6.45, 7) is 0.0454. The molecule has 0 bridgehead atoms. The molecule has 2 aliphatic rings. The zero-order valence-corrected chi connectivity index (χ0v) is 13.1. The first-order valence-electron chi connectivity index (χ1n) is 7.91. The van der Waals surface area contributed by atoms with Gasteiger partial charge in [0.25, 0.3) is 0 Å². The molecule has 1 aliphatic heterocycles. The number of rotatable bonds is 5. The molecule has 114 valence electrons. The second kappa shape index (κ2) is 6.84. The number of carbonyl (C=O) groups excluding carboxylic acids is 1. The molecule has 2 atom stereocenters. The summed E-state index contributed by atoms with van der Waals surface area (Å²) in [4.78, 5) is 13.7. The van der Waals surface area contributed by atoms with Crippen LogP contribution in [0.5, 0.6) is 0 Å². The maximum absolute atomic E-state index is 12.5. The Morgan fingerprint density at radius 2 is 2.10 bits per heavy atom. The highest BCUT2D eigenvalue weighted by atomic mass is 32.2. The van der Waals surface area contributed by atoms with Crippen LogP contribution in [0.15, 0.2) is 29.2 Å². The maximum Gasteiger partial charge on any atom is 0.228 e. The zero-order chi connectivity index (χ0) is 14.7. The summed E-state index contributed by atoms with van der Waals surface area (Å²) >= 11 is 1.75. The lowest BCUT2D eigenvalue weighted by molar-refractivity contribution is -0.123. The summed E-state index contributed by atoms with van der Waals surface area (Å²) in [6, 6.07) is 8.05. The lowest BCUT2D eigenvalue weighted by Gasteiger charge is -2.22. The van der Waals surface area contributed by atoms with Crippen molar-refractivity contribution in [2.24, 2.45) is 5.92 Å². The van der Waals surface area contributed by atoms with Gasteiger partial charge < -0.3 is 10.4 Å². The van der Waals surface area contributed by atoms with Gasteiger partial charge in [-0.25, -0.2) is 0 Å². The standard InChI is InChI=1S/C17H23NO2S/c19-10-13(9-12-5-1-2-6-12)18-17(20)15-11-21-16-8-4-3-7-14(15)16/h3-4,7-8,12-13,15,19H,1-2,5-6,9-11H2,(H,18,20)/t13-,15-/m0/s1. The highest BCUT2D eigenvalue weighted by molar-refractivity contribution is 7.99. The molecule has 4 heteroatoms. The molecule has 1 fully saturated rings. The number of amides is 1. The van der Waals surface area contributed by atoms with Gasteiger partial charge in [0.05, 0.1) is 18.6 Å². The van der Waals surface area contributed by atoms with Gasteiger partial charge in [0.1, 0.15) is 0 Å². The number of aliphatic hydroxyl groups excluding tert-OH is 1. The van der Waals surface area contributed by atoms with E-state index in [9.17, 15) is 9.90 Å². The summed E-state index contributed by atoms with van der Waals surface area (Å²) in [5.74, 6) is 1.49. The second-order valence-electron chi connectivity index (χ2n) is 6.18. The number of hydrogen-bond acceptors (Lipinski definition) is 3. The lowest BCUT2D eigenvalue weighted by Crippen LogP contribution is -2.41. The van der Waals surface area contributed by atoms with E-state index in [1.807, 2.05) is 18.2 Å². The number of benzene rings is 1. The number of nitrogens with one attached hydrogen (secondary N) is 1. The fraction of sp³-hybridized carbons (Fsp3) is 0.588. The minimum absolute atomic E-state index is 0.0454. The van der Waals surface area contributed by atoms with Crippen LogP contribution in [0, 0.1) is 5.92 Å². The topological polar surface area (TPSA) is 49.3 Å².